The molecule has 10 heteroatoms. The molecular weight excluding hydrogens is 428 g/mol. The second-order valence-electron chi connectivity index (χ2n) is 9.56. The Hall–Kier alpha value is -2.53. The van der Waals surface area contributed by atoms with E-state index in [0.717, 1.165) is 5.56 Å². The van der Waals surface area contributed by atoms with Crippen molar-refractivity contribution in [2.45, 2.75) is 59.8 Å². The largest absolute Gasteiger partial charge is 0.443 e. The van der Waals surface area contributed by atoms with Crippen LogP contribution < -0.4 is 16.3 Å². The lowest BCUT2D eigenvalue weighted by atomic mass is 9.84. The van der Waals surface area contributed by atoms with Gasteiger partial charge < -0.3 is 19.8 Å². The highest BCUT2D eigenvalue weighted by molar-refractivity contribution is 5.89. The first-order valence-electron chi connectivity index (χ1n) is 11.0. The van der Waals surface area contributed by atoms with E-state index in [1.165, 1.54) is 13.4 Å². The fourth-order valence-electron chi connectivity index (χ4n) is 3.60. The van der Waals surface area contributed by atoms with Crippen molar-refractivity contribution in [2.75, 3.05) is 13.7 Å². The number of hydrogen-bond donors (Lipinski definition) is 4. The van der Waals surface area contributed by atoms with E-state index in [4.69, 9.17) is 19.2 Å². The zero-order valence-corrected chi connectivity index (χ0v) is 20.2. The average molecular weight is 465 g/mol. The van der Waals surface area contributed by atoms with Crippen LogP contribution in [0.15, 0.2) is 29.0 Å². The second-order valence-corrected chi connectivity index (χ2v) is 9.56. The molecule has 2 rings (SSSR count). The molecule has 3 unspecified atom stereocenters. The van der Waals surface area contributed by atoms with Crippen molar-refractivity contribution in [1.82, 2.24) is 21.3 Å². The van der Waals surface area contributed by atoms with Crippen LogP contribution in [0, 0.1) is 17.3 Å². The maximum atomic E-state index is 13.4. The van der Waals surface area contributed by atoms with Crippen molar-refractivity contribution in [3.8, 4) is 0 Å². The van der Waals surface area contributed by atoms with Gasteiger partial charge in [-0.25, -0.2) is 4.98 Å². The summed E-state index contributed by atoms with van der Waals surface area (Å²) in [5.41, 5.74) is 3.38. The number of fused-ring (bicyclic) bond motifs is 1. The molecule has 0 aliphatic rings. The molecule has 2 amide bonds. The monoisotopic (exact) mass is 464 g/mol. The van der Waals surface area contributed by atoms with Crippen molar-refractivity contribution in [2.24, 2.45) is 17.3 Å². The van der Waals surface area contributed by atoms with E-state index in [9.17, 15) is 9.59 Å². The van der Waals surface area contributed by atoms with Crippen LogP contribution in [0.4, 0.5) is 0 Å². The minimum absolute atomic E-state index is 0.0757. The first-order chi connectivity index (χ1) is 15.6. The van der Waals surface area contributed by atoms with Crippen LogP contribution >= 0.6 is 0 Å². The van der Waals surface area contributed by atoms with Crippen molar-refractivity contribution < 1.29 is 28.8 Å². The summed E-state index contributed by atoms with van der Waals surface area (Å²) in [6.07, 6.45) is 1.18. The van der Waals surface area contributed by atoms with Gasteiger partial charge in [0.1, 0.15) is 11.6 Å². The first-order valence-corrected chi connectivity index (χ1v) is 11.0. The highest BCUT2D eigenvalue weighted by Gasteiger charge is 2.37. The Morgan fingerprint density at radius 1 is 1.21 bits per heavy atom. The molecule has 2 aromatic rings. The first kappa shape index (κ1) is 26.7. The standard InChI is InChI=1S/C23H36N4O6/c1-14(2)9-16(21(28)26-20(22(29)24-6)23(3,4)5)19(12-33-27-30)31-11-15-7-8-18-17(10-15)25-13-32-18/h7-8,10,13-14,16,19-20,27,30H,9,11-12H2,1-6H3,(H,24,29)(H,26,28). The van der Waals surface area contributed by atoms with Gasteiger partial charge in [-0.1, -0.05) is 46.3 Å². The predicted octanol–water partition coefficient (Wildman–Crippen LogP) is 2.56. The Morgan fingerprint density at radius 2 is 1.94 bits per heavy atom. The van der Waals surface area contributed by atoms with Gasteiger partial charge in [-0.2, -0.15) is 0 Å². The number of nitrogens with one attached hydrogen (secondary N) is 3. The molecule has 0 saturated carbocycles. The molecule has 1 aromatic heterocycles. The van der Waals surface area contributed by atoms with E-state index in [0.29, 0.717) is 17.5 Å². The number of benzene rings is 1. The lowest BCUT2D eigenvalue weighted by Crippen LogP contribution is -2.55. The minimum Gasteiger partial charge on any atom is -0.443 e. The predicted molar refractivity (Wildman–Crippen MR) is 122 cm³/mol. The molecular formula is C23H36N4O6. The molecule has 4 N–H and O–H groups in total. The number of amides is 2. The van der Waals surface area contributed by atoms with Gasteiger partial charge in [0.2, 0.25) is 11.8 Å². The van der Waals surface area contributed by atoms with Crippen LogP contribution in [0.2, 0.25) is 0 Å². The van der Waals surface area contributed by atoms with Crippen molar-refractivity contribution in [3.05, 3.63) is 30.2 Å². The van der Waals surface area contributed by atoms with E-state index in [2.05, 4.69) is 15.6 Å². The average Bonchev–Trinajstić information content (AvgIpc) is 3.22. The summed E-state index contributed by atoms with van der Waals surface area (Å²) in [5, 5.41) is 14.5. The molecule has 184 valence electrons. The summed E-state index contributed by atoms with van der Waals surface area (Å²) in [7, 11) is 1.54. The molecule has 0 aliphatic carbocycles. The molecule has 33 heavy (non-hydrogen) atoms. The smallest absolute Gasteiger partial charge is 0.242 e. The molecule has 0 aliphatic heterocycles. The number of ether oxygens (including phenoxy) is 1. The molecule has 1 heterocycles. The van der Waals surface area contributed by atoms with E-state index in [1.54, 1.807) is 11.7 Å². The van der Waals surface area contributed by atoms with Crippen LogP contribution in [-0.4, -0.2) is 47.8 Å². The Balaban J connectivity index is 2.23. The highest BCUT2D eigenvalue weighted by atomic mass is 16.8. The number of carbonyl (C=O) groups excluding carboxylic acids is 2. The Labute approximate surface area is 194 Å². The quantitative estimate of drug-likeness (QED) is 0.352. The van der Waals surface area contributed by atoms with Crippen molar-refractivity contribution in [3.63, 3.8) is 0 Å². The third-order valence-corrected chi connectivity index (χ3v) is 5.34. The summed E-state index contributed by atoms with van der Waals surface area (Å²) in [6, 6.07) is 4.78. The zero-order valence-electron chi connectivity index (χ0n) is 20.2. The van der Waals surface area contributed by atoms with Gasteiger partial charge in [-0.05, 0) is 35.4 Å². The molecule has 0 spiro atoms. The number of nitrogens with zero attached hydrogens (tertiary/aromatic N) is 1. The zero-order chi connectivity index (χ0) is 24.6. The molecule has 0 saturated heterocycles. The summed E-state index contributed by atoms with van der Waals surface area (Å²) in [5.74, 6) is -1.03. The lowest BCUT2D eigenvalue weighted by Gasteiger charge is -2.33. The lowest BCUT2D eigenvalue weighted by molar-refractivity contribution is -0.170. The van der Waals surface area contributed by atoms with Crippen LogP contribution in [0.1, 0.15) is 46.6 Å². The van der Waals surface area contributed by atoms with Crippen molar-refractivity contribution >= 4 is 22.9 Å². The second kappa shape index (κ2) is 12.1. The van der Waals surface area contributed by atoms with E-state index in [1.807, 2.05) is 46.8 Å². The Morgan fingerprint density at radius 3 is 2.55 bits per heavy atom. The molecule has 0 fully saturated rings. The molecule has 10 nitrogen and oxygen atoms in total. The normalized spacial score (nSPS) is 14.8. The van der Waals surface area contributed by atoms with Gasteiger partial charge in [0.05, 0.1) is 25.2 Å². The SMILES string of the molecule is CNC(=O)C(NC(=O)C(CC(C)C)C(CONO)OCc1ccc2ocnc2c1)C(C)(C)C. The Bertz CT molecular complexity index is 908. The molecule has 3 atom stereocenters. The maximum absolute atomic E-state index is 13.4. The van der Waals surface area contributed by atoms with Gasteiger partial charge in [0, 0.05) is 7.05 Å². The van der Waals surface area contributed by atoms with Gasteiger partial charge in [-0.3, -0.25) is 19.6 Å². The fraction of sp³-hybridized carbons (Fsp3) is 0.609. The Kier molecular flexibility index (Phi) is 9.78. The molecule has 0 bridgehead atoms. The summed E-state index contributed by atoms with van der Waals surface area (Å²) in [4.78, 5) is 35.0. The molecule has 0 radical (unpaired) electrons. The number of oxazole rings is 1. The number of aromatic nitrogens is 1. The third-order valence-electron chi connectivity index (χ3n) is 5.34. The molecule has 1 aromatic carbocycles. The van der Waals surface area contributed by atoms with Crippen LogP contribution in [-0.2, 0) is 25.8 Å². The van der Waals surface area contributed by atoms with E-state index in [-0.39, 0.29) is 30.9 Å². The third kappa shape index (κ3) is 7.78. The minimum atomic E-state index is -0.725. The van der Waals surface area contributed by atoms with Gasteiger partial charge in [-0.15, -0.1) is 0 Å². The maximum Gasteiger partial charge on any atom is 0.242 e. The van der Waals surface area contributed by atoms with Gasteiger partial charge in [0.15, 0.2) is 12.0 Å². The van der Waals surface area contributed by atoms with Crippen molar-refractivity contribution in [1.29, 1.82) is 0 Å². The van der Waals surface area contributed by atoms with Crippen LogP contribution in [0.25, 0.3) is 11.1 Å². The van der Waals surface area contributed by atoms with E-state index >= 15 is 0 Å². The fourth-order valence-corrected chi connectivity index (χ4v) is 3.60. The van der Waals surface area contributed by atoms with E-state index < -0.39 is 23.5 Å². The highest BCUT2D eigenvalue weighted by Crippen LogP contribution is 2.24. The van der Waals surface area contributed by atoms with Gasteiger partial charge >= 0.3 is 0 Å². The van der Waals surface area contributed by atoms with Gasteiger partial charge in [0.25, 0.3) is 0 Å². The van der Waals surface area contributed by atoms with Crippen LogP contribution in [0.5, 0.6) is 0 Å². The topological polar surface area (TPSA) is 135 Å². The number of hydrogen-bond acceptors (Lipinski definition) is 8. The number of rotatable bonds is 12. The summed E-state index contributed by atoms with van der Waals surface area (Å²) >= 11 is 0. The summed E-state index contributed by atoms with van der Waals surface area (Å²) in [6.45, 7) is 9.78. The summed E-state index contributed by atoms with van der Waals surface area (Å²) < 4.78 is 11.4. The van der Waals surface area contributed by atoms with Crippen LogP contribution in [0.3, 0.4) is 0 Å². The number of likely N-dealkylation sites (N-methyl/N-ethyl adjacent to an activating group) is 1. The number of carbonyl (C=O) groups is 2.